The molecule has 6 heteroatoms. The number of hydrogen-bond donors (Lipinski definition) is 1. The second-order valence-electron chi connectivity index (χ2n) is 4.36. The van der Waals surface area contributed by atoms with Crippen molar-refractivity contribution in [2.24, 2.45) is 5.92 Å². The van der Waals surface area contributed by atoms with Gasteiger partial charge in [-0.2, -0.15) is 0 Å². The molecule has 1 fully saturated rings. The number of hydrogen-bond acceptors (Lipinski definition) is 4. The molecule has 18 heavy (non-hydrogen) atoms. The van der Waals surface area contributed by atoms with Crippen LogP contribution in [0, 0.1) is 21.8 Å². The number of anilines is 1. The fourth-order valence-corrected chi connectivity index (χ4v) is 1.97. The lowest BCUT2D eigenvalue weighted by atomic mass is 10.0. The Labute approximate surface area is 104 Å². The molecule has 1 heterocycles. The summed E-state index contributed by atoms with van der Waals surface area (Å²) in [6, 6.07) is 3.51. The largest absolute Gasteiger partial charge is 0.382 e. The molecule has 1 N–H and O–H groups in total. The monoisotopic (exact) mass is 254 g/mol. The van der Waals surface area contributed by atoms with Crippen molar-refractivity contribution < 1.29 is 14.1 Å². The topological polar surface area (TPSA) is 64.4 Å². The third kappa shape index (κ3) is 3.16. The van der Waals surface area contributed by atoms with Gasteiger partial charge in [0.1, 0.15) is 5.82 Å². The molecule has 0 aliphatic carbocycles. The molecule has 98 valence electrons. The van der Waals surface area contributed by atoms with Gasteiger partial charge in [0.25, 0.3) is 5.69 Å². The minimum absolute atomic E-state index is 0.106. The number of nitrogens with one attached hydrogen (secondary N) is 1. The first-order valence-corrected chi connectivity index (χ1v) is 5.92. The number of nitrogens with zero attached hydrogens (tertiary/aromatic N) is 1. The van der Waals surface area contributed by atoms with E-state index >= 15 is 0 Å². The van der Waals surface area contributed by atoms with E-state index in [1.165, 1.54) is 6.07 Å². The van der Waals surface area contributed by atoms with Gasteiger partial charge >= 0.3 is 0 Å². The van der Waals surface area contributed by atoms with Crippen LogP contribution in [0.25, 0.3) is 0 Å². The molecule has 0 atom stereocenters. The van der Waals surface area contributed by atoms with Gasteiger partial charge in [0.2, 0.25) is 0 Å². The average Bonchev–Trinajstić information content (AvgIpc) is 2.38. The fraction of sp³-hybridized carbons (Fsp3) is 0.500. The summed E-state index contributed by atoms with van der Waals surface area (Å²) in [7, 11) is 0. The summed E-state index contributed by atoms with van der Waals surface area (Å²) in [6.07, 6.45) is 1.87. The highest BCUT2D eigenvalue weighted by Crippen LogP contribution is 2.22. The van der Waals surface area contributed by atoms with Gasteiger partial charge in [-0.05, 0) is 24.8 Å². The Bertz CT molecular complexity index is 433. The zero-order chi connectivity index (χ0) is 13.0. The summed E-state index contributed by atoms with van der Waals surface area (Å²) in [4.78, 5) is 10.1. The van der Waals surface area contributed by atoms with Crippen molar-refractivity contribution in [1.29, 1.82) is 0 Å². The van der Waals surface area contributed by atoms with Crippen molar-refractivity contribution in [3.63, 3.8) is 0 Å². The van der Waals surface area contributed by atoms with Crippen molar-refractivity contribution in [2.45, 2.75) is 12.8 Å². The maximum Gasteiger partial charge on any atom is 0.271 e. The maximum absolute atomic E-state index is 13.5. The molecular weight excluding hydrogens is 239 g/mol. The average molecular weight is 254 g/mol. The predicted molar refractivity (Wildman–Crippen MR) is 65.1 cm³/mol. The van der Waals surface area contributed by atoms with Gasteiger partial charge in [-0.1, -0.05) is 0 Å². The molecule has 0 saturated carbocycles. The van der Waals surface area contributed by atoms with Crippen molar-refractivity contribution in [3.8, 4) is 0 Å². The van der Waals surface area contributed by atoms with Crippen molar-refractivity contribution >= 4 is 11.4 Å². The van der Waals surface area contributed by atoms with Gasteiger partial charge in [-0.3, -0.25) is 10.1 Å². The Morgan fingerprint density at radius 1 is 1.44 bits per heavy atom. The zero-order valence-corrected chi connectivity index (χ0v) is 9.89. The van der Waals surface area contributed by atoms with E-state index < -0.39 is 10.7 Å². The molecule has 5 nitrogen and oxygen atoms in total. The third-order valence-electron chi connectivity index (χ3n) is 3.08. The highest BCUT2D eigenvalue weighted by Gasteiger charge is 2.15. The molecule has 1 aromatic rings. The number of rotatable bonds is 4. The van der Waals surface area contributed by atoms with Crippen LogP contribution in [-0.2, 0) is 4.74 Å². The van der Waals surface area contributed by atoms with E-state index in [-0.39, 0.29) is 11.4 Å². The molecule has 0 amide bonds. The smallest absolute Gasteiger partial charge is 0.271 e. The first-order chi connectivity index (χ1) is 8.66. The van der Waals surface area contributed by atoms with Gasteiger partial charge in [0.15, 0.2) is 0 Å². The van der Waals surface area contributed by atoms with Gasteiger partial charge in [0, 0.05) is 31.9 Å². The van der Waals surface area contributed by atoms with Gasteiger partial charge < -0.3 is 10.1 Å². The minimum atomic E-state index is -0.529. The number of benzene rings is 1. The predicted octanol–water partition coefficient (Wildman–Crippen LogP) is 2.57. The van der Waals surface area contributed by atoms with E-state index in [1.807, 2.05) is 0 Å². The Hall–Kier alpha value is -1.69. The first-order valence-electron chi connectivity index (χ1n) is 5.92. The summed E-state index contributed by atoms with van der Waals surface area (Å²) in [5, 5.41) is 13.6. The SMILES string of the molecule is O=[N+]([O-])c1ccc(F)c(NCC2CCOCC2)c1. The van der Waals surface area contributed by atoms with Gasteiger partial charge in [-0.25, -0.2) is 4.39 Å². The lowest BCUT2D eigenvalue weighted by Crippen LogP contribution is -2.22. The van der Waals surface area contributed by atoms with E-state index in [2.05, 4.69) is 5.32 Å². The molecule has 0 radical (unpaired) electrons. The van der Waals surface area contributed by atoms with Crippen LogP contribution in [-0.4, -0.2) is 24.7 Å². The van der Waals surface area contributed by atoms with Crippen LogP contribution in [0.3, 0.4) is 0 Å². The molecule has 0 unspecified atom stereocenters. The maximum atomic E-state index is 13.5. The Balaban J connectivity index is 1.99. The van der Waals surface area contributed by atoms with Crippen molar-refractivity contribution in [3.05, 3.63) is 34.1 Å². The summed E-state index contributed by atoms with van der Waals surface area (Å²) < 4.78 is 18.7. The van der Waals surface area contributed by atoms with Crippen LogP contribution in [0.2, 0.25) is 0 Å². The number of nitro groups is 1. The van der Waals surface area contributed by atoms with Crippen LogP contribution < -0.4 is 5.32 Å². The molecule has 1 aliphatic rings. The quantitative estimate of drug-likeness (QED) is 0.662. The van der Waals surface area contributed by atoms with Crippen LogP contribution in [0.4, 0.5) is 15.8 Å². The molecular formula is C12H15FN2O3. The Kier molecular flexibility index (Phi) is 4.09. The lowest BCUT2D eigenvalue weighted by Gasteiger charge is -2.22. The van der Waals surface area contributed by atoms with E-state index in [4.69, 9.17) is 4.74 Å². The van der Waals surface area contributed by atoms with E-state index in [9.17, 15) is 14.5 Å². The standard InChI is InChI=1S/C12H15FN2O3/c13-11-2-1-10(15(16)17)7-12(11)14-8-9-3-5-18-6-4-9/h1-2,7,9,14H,3-6,8H2. The van der Waals surface area contributed by atoms with Crippen LogP contribution in [0.15, 0.2) is 18.2 Å². The molecule has 0 bridgehead atoms. The van der Waals surface area contributed by atoms with Gasteiger partial charge in [-0.15, -0.1) is 0 Å². The first kappa shape index (κ1) is 12.8. The highest BCUT2D eigenvalue weighted by atomic mass is 19.1. The fourth-order valence-electron chi connectivity index (χ4n) is 1.97. The van der Waals surface area contributed by atoms with E-state index in [0.29, 0.717) is 12.5 Å². The zero-order valence-electron chi connectivity index (χ0n) is 9.89. The van der Waals surface area contributed by atoms with Crippen molar-refractivity contribution in [2.75, 3.05) is 25.1 Å². The number of non-ortho nitro benzene ring substituents is 1. The second kappa shape index (κ2) is 5.77. The molecule has 0 aromatic heterocycles. The molecule has 1 aliphatic heterocycles. The van der Waals surface area contributed by atoms with Gasteiger partial charge in [0.05, 0.1) is 10.6 Å². The van der Waals surface area contributed by atoms with E-state index in [1.54, 1.807) is 0 Å². The molecule has 0 spiro atoms. The Morgan fingerprint density at radius 3 is 2.83 bits per heavy atom. The normalized spacial score (nSPS) is 16.5. The number of halogens is 1. The molecule has 1 saturated heterocycles. The van der Waals surface area contributed by atoms with Crippen LogP contribution in [0.1, 0.15) is 12.8 Å². The third-order valence-corrected chi connectivity index (χ3v) is 3.08. The second-order valence-corrected chi connectivity index (χ2v) is 4.36. The summed E-state index contributed by atoms with van der Waals surface area (Å²) >= 11 is 0. The summed E-state index contributed by atoms with van der Waals surface area (Å²) in [5.41, 5.74) is 0.0848. The number of nitro benzene ring substituents is 1. The Morgan fingerprint density at radius 2 is 2.17 bits per heavy atom. The summed E-state index contributed by atoms with van der Waals surface area (Å²) in [6.45, 7) is 2.06. The van der Waals surface area contributed by atoms with Crippen LogP contribution in [0.5, 0.6) is 0 Å². The molecule has 2 rings (SSSR count). The lowest BCUT2D eigenvalue weighted by molar-refractivity contribution is -0.384. The van der Waals surface area contributed by atoms with Crippen molar-refractivity contribution in [1.82, 2.24) is 0 Å². The number of ether oxygens (including phenoxy) is 1. The molecule has 1 aromatic carbocycles. The highest BCUT2D eigenvalue weighted by molar-refractivity contribution is 5.52. The minimum Gasteiger partial charge on any atom is -0.382 e. The van der Waals surface area contributed by atoms with E-state index in [0.717, 1.165) is 38.2 Å². The van der Waals surface area contributed by atoms with Crippen LogP contribution >= 0.6 is 0 Å². The summed E-state index contributed by atoms with van der Waals surface area (Å²) in [5.74, 6) is -0.0370.